The highest BCUT2D eigenvalue weighted by atomic mass is 127. The van der Waals surface area contributed by atoms with Crippen LogP contribution in [0.3, 0.4) is 0 Å². The van der Waals surface area contributed by atoms with Crippen LogP contribution < -0.4 is 14.8 Å². The van der Waals surface area contributed by atoms with Crippen molar-refractivity contribution in [1.29, 1.82) is 0 Å². The van der Waals surface area contributed by atoms with Gasteiger partial charge in [-0.1, -0.05) is 27.2 Å². The minimum absolute atomic E-state index is 0.0379. The molecule has 0 heterocycles. The highest BCUT2D eigenvalue weighted by molar-refractivity contribution is 14.1. The molecule has 0 saturated heterocycles. The highest BCUT2D eigenvalue weighted by Crippen LogP contribution is 2.38. The third kappa shape index (κ3) is 10.0. The van der Waals surface area contributed by atoms with Crippen LogP contribution in [-0.4, -0.2) is 97.2 Å². The molecule has 3 rings (SSSR count). The molecule has 0 aliphatic heterocycles. The molecule has 14 heteroatoms. The Morgan fingerprint density at radius 1 is 1.24 bits per heavy atom. The zero-order valence-electron chi connectivity index (χ0n) is 25.8. The number of carbonyl (C=O) groups excluding carboxylic acids is 3. The molecule has 0 spiro atoms. The minimum Gasteiger partial charge on any atom is -0.493 e. The predicted octanol–water partition coefficient (Wildman–Crippen LogP) is 3.90. The maximum absolute atomic E-state index is 13.9. The first-order chi connectivity index (χ1) is 21.2. The van der Waals surface area contributed by atoms with Gasteiger partial charge in [0.05, 0.1) is 29.4 Å². The van der Waals surface area contributed by atoms with Gasteiger partial charge in [-0.15, -0.1) is 0 Å². The van der Waals surface area contributed by atoms with Crippen LogP contribution in [0.1, 0.15) is 56.8 Å². The van der Waals surface area contributed by atoms with Crippen molar-refractivity contribution in [3.05, 3.63) is 32.9 Å². The number of amides is 2. The molecule has 2 amide bonds. The van der Waals surface area contributed by atoms with Gasteiger partial charge in [0, 0.05) is 24.1 Å². The second-order valence-electron chi connectivity index (χ2n) is 12.0. The average Bonchev–Trinajstić information content (AvgIpc) is 2.98. The Labute approximate surface area is 274 Å². The molecule has 1 aromatic rings. The fourth-order valence-corrected chi connectivity index (χ4v) is 6.74. The summed E-state index contributed by atoms with van der Waals surface area (Å²) in [6.07, 6.45) is -4.18. The Kier molecular flexibility index (Phi) is 13.5. The van der Waals surface area contributed by atoms with Gasteiger partial charge in [0.2, 0.25) is 11.8 Å². The molecule has 0 bridgehead atoms. The van der Waals surface area contributed by atoms with Gasteiger partial charge in [0.15, 0.2) is 11.5 Å². The molecule has 1 fully saturated rings. The molecule has 1 aromatic carbocycles. The van der Waals surface area contributed by atoms with E-state index in [4.69, 9.17) is 14.2 Å². The molecule has 10 nitrogen and oxygen atoms in total. The smallest absolute Gasteiger partial charge is 0.406 e. The van der Waals surface area contributed by atoms with Crippen LogP contribution in [-0.2, 0) is 14.3 Å². The SMILES string of the molecule is COc1cc(C=O)cc(I)c1O[C@H]1C=C(C(=O)NCCO)C[C@@H](N(CC(F)(F)F)C(=O)CO[C@H]2C[C@@H](C)CC[C@@H]2C(C)C)[C@@H]1O. The zero-order chi connectivity index (χ0) is 33.5. The van der Waals surface area contributed by atoms with Crippen LogP contribution in [0.2, 0.25) is 0 Å². The number of ether oxygens (including phenoxy) is 3. The fraction of sp³-hybridized carbons (Fsp3) is 0.645. The molecule has 6 atom stereocenters. The summed E-state index contributed by atoms with van der Waals surface area (Å²) in [6, 6.07) is 1.37. The van der Waals surface area contributed by atoms with E-state index < -0.39 is 55.8 Å². The highest BCUT2D eigenvalue weighted by Gasteiger charge is 2.45. The number of aliphatic hydroxyl groups is 2. The van der Waals surface area contributed by atoms with E-state index in [9.17, 15) is 37.8 Å². The van der Waals surface area contributed by atoms with Crippen molar-refractivity contribution in [2.24, 2.45) is 17.8 Å². The summed E-state index contributed by atoms with van der Waals surface area (Å²) < 4.78 is 59.6. The number of rotatable bonds is 13. The Morgan fingerprint density at radius 3 is 2.56 bits per heavy atom. The number of halogens is 4. The second kappa shape index (κ2) is 16.4. The molecular weight excluding hydrogens is 712 g/mol. The van der Waals surface area contributed by atoms with Gasteiger partial charge in [-0.3, -0.25) is 14.4 Å². The monoisotopic (exact) mass is 754 g/mol. The van der Waals surface area contributed by atoms with Gasteiger partial charge in [-0.05, 0) is 71.4 Å². The summed E-state index contributed by atoms with van der Waals surface area (Å²) in [7, 11) is 1.33. The third-order valence-corrected chi connectivity index (χ3v) is 9.11. The van der Waals surface area contributed by atoms with Crippen molar-refractivity contribution in [2.45, 2.75) is 77.0 Å². The Balaban J connectivity index is 1.96. The maximum atomic E-state index is 13.9. The topological polar surface area (TPSA) is 135 Å². The molecular formula is C31H42F3IN2O8. The summed E-state index contributed by atoms with van der Waals surface area (Å²) in [4.78, 5) is 38.4. The number of aliphatic hydroxyl groups excluding tert-OH is 2. The molecule has 252 valence electrons. The lowest BCUT2D eigenvalue weighted by atomic mass is 9.75. The van der Waals surface area contributed by atoms with Crippen molar-refractivity contribution < 1.29 is 52.0 Å². The Bertz CT molecular complexity index is 1230. The van der Waals surface area contributed by atoms with Crippen molar-refractivity contribution in [3.63, 3.8) is 0 Å². The number of hydrogen-bond donors (Lipinski definition) is 3. The molecule has 0 aromatic heterocycles. The van der Waals surface area contributed by atoms with E-state index in [0.717, 1.165) is 12.8 Å². The average molecular weight is 755 g/mol. The molecule has 3 N–H and O–H groups in total. The van der Waals surface area contributed by atoms with E-state index in [2.05, 4.69) is 12.2 Å². The van der Waals surface area contributed by atoms with E-state index in [1.807, 2.05) is 36.4 Å². The number of hydrogen-bond acceptors (Lipinski definition) is 8. The number of carbonyl (C=O) groups is 3. The van der Waals surface area contributed by atoms with Crippen LogP contribution >= 0.6 is 22.6 Å². The molecule has 1 saturated carbocycles. The summed E-state index contributed by atoms with van der Waals surface area (Å²) in [5, 5.41) is 23.1. The van der Waals surface area contributed by atoms with Crippen LogP contribution in [0.4, 0.5) is 13.2 Å². The second-order valence-corrected chi connectivity index (χ2v) is 13.1. The quantitative estimate of drug-likeness (QED) is 0.204. The normalized spacial score (nSPS) is 25.4. The molecule has 0 radical (unpaired) electrons. The number of nitrogens with zero attached hydrogens (tertiary/aromatic N) is 1. The van der Waals surface area contributed by atoms with Gasteiger partial charge in [0.1, 0.15) is 31.6 Å². The lowest BCUT2D eigenvalue weighted by Crippen LogP contribution is -2.58. The zero-order valence-corrected chi connectivity index (χ0v) is 28.0. The molecule has 0 unspecified atom stereocenters. The van der Waals surface area contributed by atoms with Crippen molar-refractivity contribution in [2.75, 3.05) is 33.4 Å². The number of benzene rings is 1. The maximum Gasteiger partial charge on any atom is 0.406 e. The minimum atomic E-state index is -4.82. The summed E-state index contributed by atoms with van der Waals surface area (Å²) in [5.74, 6) is -0.716. The first-order valence-corrected chi connectivity index (χ1v) is 16.0. The van der Waals surface area contributed by atoms with Gasteiger partial charge < -0.3 is 34.6 Å². The van der Waals surface area contributed by atoms with Gasteiger partial charge in [0.25, 0.3) is 0 Å². The van der Waals surface area contributed by atoms with Crippen molar-refractivity contribution >= 4 is 40.7 Å². The van der Waals surface area contributed by atoms with E-state index in [0.29, 0.717) is 27.1 Å². The predicted molar refractivity (Wildman–Crippen MR) is 167 cm³/mol. The van der Waals surface area contributed by atoms with Crippen LogP contribution in [0, 0.1) is 21.3 Å². The van der Waals surface area contributed by atoms with Crippen LogP contribution in [0.5, 0.6) is 11.5 Å². The standard InChI is InChI=1S/C31H42F3IN2O8/c1-17(2)21-6-5-18(3)9-24(21)44-15-27(40)37(16-31(32,33)34)23-12-20(30(42)36-7-8-38)13-25(28(23)41)45-29-22(35)10-19(14-39)11-26(29)43-4/h10-11,13-14,17-18,21,23-25,28,38,41H,5-9,12,15-16H2,1-4H3,(H,36,42)/t18-,21+,23+,24-,25-,28-/m0/s1. The van der Waals surface area contributed by atoms with Crippen LogP contribution in [0.25, 0.3) is 0 Å². The molecule has 2 aliphatic rings. The largest absolute Gasteiger partial charge is 0.493 e. The summed E-state index contributed by atoms with van der Waals surface area (Å²) in [6.45, 7) is 3.36. The van der Waals surface area contributed by atoms with Crippen molar-refractivity contribution in [3.8, 4) is 11.5 Å². The first-order valence-electron chi connectivity index (χ1n) is 14.9. The van der Waals surface area contributed by atoms with Gasteiger partial charge >= 0.3 is 6.18 Å². The van der Waals surface area contributed by atoms with Crippen molar-refractivity contribution in [1.82, 2.24) is 10.2 Å². The summed E-state index contributed by atoms with van der Waals surface area (Å²) >= 11 is 1.88. The number of methoxy groups -OCH3 is 1. The molecule has 2 aliphatic carbocycles. The lowest BCUT2D eigenvalue weighted by molar-refractivity contribution is -0.177. The van der Waals surface area contributed by atoms with E-state index >= 15 is 0 Å². The fourth-order valence-electron chi connectivity index (χ4n) is 5.99. The van der Waals surface area contributed by atoms with Gasteiger partial charge in [-0.2, -0.15) is 13.2 Å². The van der Waals surface area contributed by atoms with Gasteiger partial charge in [-0.25, -0.2) is 0 Å². The lowest BCUT2D eigenvalue weighted by Gasteiger charge is -2.41. The van der Waals surface area contributed by atoms with E-state index in [1.54, 1.807) is 0 Å². The first kappa shape index (κ1) is 37.0. The number of alkyl halides is 3. The summed E-state index contributed by atoms with van der Waals surface area (Å²) in [5.41, 5.74) is 0.239. The van der Waals surface area contributed by atoms with E-state index in [1.165, 1.54) is 25.3 Å². The number of nitrogens with one attached hydrogen (secondary N) is 1. The number of aldehydes is 1. The Morgan fingerprint density at radius 2 is 1.96 bits per heavy atom. The molecule has 45 heavy (non-hydrogen) atoms. The van der Waals surface area contributed by atoms with Crippen LogP contribution in [0.15, 0.2) is 23.8 Å². The third-order valence-electron chi connectivity index (χ3n) is 8.31. The van der Waals surface area contributed by atoms with E-state index in [-0.39, 0.29) is 53.7 Å². The Hall–Kier alpha value is -2.43.